The first-order chi connectivity index (χ1) is 11.4. The number of aryl methyl sites for hydroxylation is 1. The topological polar surface area (TPSA) is 46.1 Å². The Bertz CT molecular complexity index is 662. The summed E-state index contributed by atoms with van der Waals surface area (Å²) < 4.78 is 0. The summed E-state index contributed by atoms with van der Waals surface area (Å²) in [5.41, 5.74) is 2.56. The maximum absolute atomic E-state index is 12.6. The summed E-state index contributed by atoms with van der Waals surface area (Å²) in [6, 6.07) is 10.4. The average Bonchev–Trinajstić information content (AvgIpc) is 2.58. The van der Waals surface area contributed by atoms with Crippen molar-refractivity contribution in [1.82, 2.24) is 14.9 Å². The zero-order valence-electron chi connectivity index (χ0n) is 15.1. The van der Waals surface area contributed by atoms with Crippen LogP contribution >= 0.6 is 0 Å². The van der Waals surface area contributed by atoms with Crippen molar-refractivity contribution in [1.29, 1.82) is 0 Å². The van der Waals surface area contributed by atoms with Gasteiger partial charge >= 0.3 is 0 Å². The SMILES string of the molecule is CCc1nccnc1C(=O)CCN(Cc1ccccc1)C(C)(C)C. The van der Waals surface area contributed by atoms with Crippen LogP contribution in [0.15, 0.2) is 42.7 Å². The van der Waals surface area contributed by atoms with Crippen LogP contribution in [-0.4, -0.2) is 32.7 Å². The Morgan fingerprint density at radius 2 is 1.75 bits per heavy atom. The number of ketones is 1. The minimum Gasteiger partial charge on any atom is -0.294 e. The Balaban J connectivity index is 2.06. The molecule has 2 aromatic rings. The third kappa shape index (κ3) is 4.96. The van der Waals surface area contributed by atoms with Gasteiger partial charge < -0.3 is 0 Å². The molecule has 0 aliphatic rings. The van der Waals surface area contributed by atoms with Crippen LogP contribution in [-0.2, 0) is 13.0 Å². The molecule has 4 heteroatoms. The van der Waals surface area contributed by atoms with Gasteiger partial charge in [0, 0.05) is 37.4 Å². The summed E-state index contributed by atoms with van der Waals surface area (Å²) in [4.78, 5) is 23.4. The molecule has 0 atom stereocenters. The molecule has 0 N–H and O–H groups in total. The van der Waals surface area contributed by atoms with Crippen molar-refractivity contribution < 1.29 is 4.79 Å². The summed E-state index contributed by atoms with van der Waals surface area (Å²) in [5, 5.41) is 0. The van der Waals surface area contributed by atoms with Gasteiger partial charge in [-0.1, -0.05) is 37.3 Å². The predicted molar refractivity (Wildman–Crippen MR) is 97.0 cm³/mol. The molecular weight excluding hydrogens is 298 g/mol. The van der Waals surface area contributed by atoms with Crippen LogP contribution in [0.25, 0.3) is 0 Å². The van der Waals surface area contributed by atoms with Crippen LogP contribution in [0.5, 0.6) is 0 Å². The molecule has 4 nitrogen and oxygen atoms in total. The Hall–Kier alpha value is -2.07. The first-order valence-electron chi connectivity index (χ1n) is 8.54. The van der Waals surface area contributed by atoms with Gasteiger partial charge in [0.1, 0.15) is 5.69 Å². The van der Waals surface area contributed by atoms with Crippen LogP contribution in [0.1, 0.15) is 55.9 Å². The van der Waals surface area contributed by atoms with E-state index < -0.39 is 0 Å². The lowest BCUT2D eigenvalue weighted by atomic mass is 10.0. The maximum Gasteiger partial charge on any atom is 0.184 e. The number of aromatic nitrogens is 2. The number of carbonyl (C=O) groups is 1. The second-order valence-corrected chi connectivity index (χ2v) is 6.96. The molecule has 1 aromatic heterocycles. The molecule has 0 aliphatic carbocycles. The first kappa shape index (κ1) is 18.3. The highest BCUT2D eigenvalue weighted by Crippen LogP contribution is 2.18. The summed E-state index contributed by atoms with van der Waals surface area (Å²) in [6.45, 7) is 10.1. The molecule has 1 heterocycles. The van der Waals surface area contributed by atoms with Gasteiger partial charge in [-0.3, -0.25) is 14.7 Å². The molecule has 0 fully saturated rings. The van der Waals surface area contributed by atoms with Gasteiger partial charge in [0.15, 0.2) is 5.78 Å². The smallest absolute Gasteiger partial charge is 0.184 e. The van der Waals surface area contributed by atoms with Gasteiger partial charge in [-0.2, -0.15) is 0 Å². The maximum atomic E-state index is 12.6. The molecule has 0 unspecified atom stereocenters. The lowest BCUT2D eigenvalue weighted by Gasteiger charge is -2.35. The molecule has 0 radical (unpaired) electrons. The second kappa shape index (κ2) is 8.15. The number of hydrogen-bond acceptors (Lipinski definition) is 4. The average molecular weight is 325 g/mol. The Labute approximate surface area is 144 Å². The molecule has 0 aliphatic heterocycles. The molecule has 0 bridgehead atoms. The van der Waals surface area contributed by atoms with Crippen LogP contribution in [0.2, 0.25) is 0 Å². The quantitative estimate of drug-likeness (QED) is 0.724. The van der Waals surface area contributed by atoms with Gasteiger partial charge in [0.05, 0.1) is 5.69 Å². The molecule has 1 aromatic carbocycles. The second-order valence-electron chi connectivity index (χ2n) is 6.96. The molecule has 24 heavy (non-hydrogen) atoms. The van der Waals surface area contributed by atoms with Crippen molar-refractivity contribution in [3.63, 3.8) is 0 Å². The monoisotopic (exact) mass is 325 g/mol. The van der Waals surface area contributed by atoms with E-state index in [0.717, 1.165) is 18.7 Å². The number of benzene rings is 1. The lowest BCUT2D eigenvalue weighted by Crippen LogP contribution is -2.42. The molecule has 0 spiro atoms. The fourth-order valence-electron chi connectivity index (χ4n) is 2.67. The van der Waals surface area contributed by atoms with Gasteiger partial charge in [-0.25, -0.2) is 4.98 Å². The summed E-state index contributed by atoms with van der Waals surface area (Å²) >= 11 is 0. The zero-order valence-corrected chi connectivity index (χ0v) is 15.1. The predicted octanol–water partition coefficient (Wildman–Crippen LogP) is 3.91. The van der Waals surface area contributed by atoms with Gasteiger partial charge in [0.25, 0.3) is 0 Å². The lowest BCUT2D eigenvalue weighted by molar-refractivity contribution is 0.0891. The highest BCUT2D eigenvalue weighted by molar-refractivity contribution is 5.95. The standard InChI is InChI=1S/C20H27N3O/c1-5-17-19(22-13-12-21-17)18(24)11-14-23(20(2,3)4)15-16-9-7-6-8-10-16/h6-10,12-13H,5,11,14-15H2,1-4H3. The van der Waals surface area contributed by atoms with Crippen molar-refractivity contribution in [2.75, 3.05) is 6.54 Å². The van der Waals surface area contributed by atoms with E-state index in [1.807, 2.05) is 13.0 Å². The Morgan fingerprint density at radius 3 is 2.38 bits per heavy atom. The number of Topliss-reactive ketones (excluding diaryl/α,β-unsaturated/α-hetero) is 1. The van der Waals surface area contributed by atoms with Crippen LogP contribution in [0.4, 0.5) is 0 Å². The summed E-state index contributed by atoms with van der Waals surface area (Å²) in [5.74, 6) is 0.0715. The van der Waals surface area contributed by atoms with E-state index in [4.69, 9.17) is 0 Å². The van der Waals surface area contributed by atoms with Crippen molar-refractivity contribution >= 4 is 5.78 Å². The largest absolute Gasteiger partial charge is 0.294 e. The van der Waals surface area contributed by atoms with E-state index in [1.54, 1.807) is 12.4 Å². The molecule has 0 saturated heterocycles. The molecule has 128 valence electrons. The van der Waals surface area contributed by atoms with E-state index in [-0.39, 0.29) is 11.3 Å². The zero-order chi connectivity index (χ0) is 17.6. The highest BCUT2D eigenvalue weighted by Gasteiger charge is 2.23. The van der Waals surface area contributed by atoms with Gasteiger partial charge in [-0.15, -0.1) is 0 Å². The van der Waals surface area contributed by atoms with Crippen LogP contribution in [0, 0.1) is 0 Å². The Morgan fingerprint density at radius 1 is 1.08 bits per heavy atom. The number of hydrogen-bond donors (Lipinski definition) is 0. The van der Waals surface area contributed by atoms with Crippen LogP contribution in [0.3, 0.4) is 0 Å². The Kier molecular flexibility index (Phi) is 6.21. The molecule has 0 amide bonds. The fourth-order valence-corrected chi connectivity index (χ4v) is 2.67. The molecule has 2 rings (SSSR count). The van der Waals surface area contributed by atoms with Crippen LogP contribution < -0.4 is 0 Å². The minimum absolute atomic E-state index is 0.00786. The summed E-state index contributed by atoms with van der Waals surface area (Å²) in [7, 11) is 0. The highest BCUT2D eigenvalue weighted by atomic mass is 16.1. The summed E-state index contributed by atoms with van der Waals surface area (Å²) in [6.07, 6.45) is 4.42. The number of carbonyl (C=O) groups excluding carboxylic acids is 1. The van der Waals surface area contributed by atoms with Gasteiger partial charge in [-0.05, 0) is 32.8 Å². The number of rotatable bonds is 7. The van der Waals surface area contributed by atoms with Crippen molar-refractivity contribution in [3.05, 3.63) is 59.7 Å². The normalized spacial score (nSPS) is 11.7. The number of nitrogens with zero attached hydrogens (tertiary/aromatic N) is 3. The first-order valence-corrected chi connectivity index (χ1v) is 8.54. The third-order valence-corrected chi connectivity index (χ3v) is 4.15. The fraction of sp³-hybridized carbons (Fsp3) is 0.450. The van der Waals surface area contributed by atoms with E-state index >= 15 is 0 Å². The van der Waals surface area contributed by atoms with E-state index in [9.17, 15) is 4.79 Å². The van der Waals surface area contributed by atoms with E-state index in [0.29, 0.717) is 18.7 Å². The minimum atomic E-state index is -0.00786. The van der Waals surface area contributed by atoms with E-state index in [1.165, 1.54) is 5.56 Å². The van der Waals surface area contributed by atoms with Crippen molar-refractivity contribution in [2.45, 2.75) is 52.6 Å². The van der Waals surface area contributed by atoms with Crippen molar-refractivity contribution in [2.24, 2.45) is 0 Å². The third-order valence-electron chi connectivity index (χ3n) is 4.15. The van der Waals surface area contributed by atoms with Crippen molar-refractivity contribution in [3.8, 4) is 0 Å². The molecule has 0 saturated carbocycles. The van der Waals surface area contributed by atoms with Gasteiger partial charge in [0.2, 0.25) is 0 Å². The van der Waals surface area contributed by atoms with E-state index in [2.05, 4.69) is 59.9 Å². The molecular formula is C20H27N3O.